The van der Waals surface area contributed by atoms with Crippen molar-refractivity contribution in [1.29, 1.82) is 0 Å². The first kappa shape index (κ1) is 17.2. The number of nitrogens with zero attached hydrogens (tertiary/aromatic N) is 4. The molecule has 1 aliphatic heterocycles. The van der Waals surface area contributed by atoms with Gasteiger partial charge in [-0.3, -0.25) is 14.3 Å². The standard InChI is InChI=1S/C18H23N5O2/c1-21-7-9-23(10-8-21)18(25)15-5-3-14(4-6-15)11-19-17(24)16-12-20-22(2)13-16/h3-6,12-13H,7-11H2,1-2H3,(H,19,24). The number of carbonyl (C=O) groups is 2. The van der Waals surface area contributed by atoms with Gasteiger partial charge in [0.25, 0.3) is 11.8 Å². The number of likely N-dealkylation sites (N-methyl/N-ethyl adjacent to an activating group) is 1. The number of nitrogens with one attached hydrogen (secondary N) is 1. The second-order valence-electron chi connectivity index (χ2n) is 6.38. The molecule has 0 saturated carbocycles. The number of piperazine rings is 1. The molecule has 3 rings (SSSR count). The fourth-order valence-electron chi connectivity index (χ4n) is 2.78. The van der Waals surface area contributed by atoms with Crippen molar-refractivity contribution in [3.05, 3.63) is 53.3 Å². The highest BCUT2D eigenvalue weighted by Gasteiger charge is 2.20. The minimum atomic E-state index is -0.161. The van der Waals surface area contributed by atoms with Crippen molar-refractivity contribution in [2.24, 2.45) is 7.05 Å². The first-order chi connectivity index (χ1) is 12.0. The van der Waals surface area contributed by atoms with Gasteiger partial charge in [0.05, 0.1) is 11.8 Å². The highest BCUT2D eigenvalue weighted by molar-refractivity contribution is 5.94. The summed E-state index contributed by atoms with van der Waals surface area (Å²) in [4.78, 5) is 28.6. The molecule has 2 aromatic rings. The minimum absolute atomic E-state index is 0.0686. The van der Waals surface area contributed by atoms with Crippen LogP contribution in [0.4, 0.5) is 0 Å². The first-order valence-corrected chi connectivity index (χ1v) is 8.36. The summed E-state index contributed by atoms with van der Waals surface area (Å²) in [6.07, 6.45) is 3.21. The molecule has 7 heteroatoms. The summed E-state index contributed by atoms with van der Waals surface area (Å²) in [6, 6.07) is 7.41. The van der Waals surface area contributed by atoms with E-state index in [1.165, 1.54) is 6.20 Å². The molecule has 1 aliphatic rings. The van der Waals surface area contributed by atoms with Crippen molar-refractivity contribution in [2.75, 3.05) is 33.2 Å². The third-order valence-corrected chi connectivity index (χ3v) is 4.41. The summed E-state index contributed by atoms with van der Waals surface area (Å²) in [5, 5.41) is 6.84. The zero-order valence-electron chi connectivity index (χ0n) is 14.6. The van der Waals surface area contributed by atoms with Crippen LogP contribution in [-0.2, 0) is 13.6 Å². The van der Waals surface area contributed by atoms with Crippen molar-refractivity contribution in [3.63, 3.8) is 0 Å². The molecule has 2 amide bonds. The number of benzene rings is 1. The van der Waals surface area contributed by atoms with E-state index >= 15 is 0 Å². The van der Waals surface area contributed by atoms with Crippen molar-refractivity contribution in [3.8, 4) is 0 Å². The molecular weight excluding hydrogens is 318 g/mol. The van der Waals surface area contributed by atoms with E-state index in [-0.39, 0.29) is 11.8 Å². The fourth-order valence-corrected chi connectivity index (χ4v) is 2.78. The first-order valence-electron chi connectivity index (χ1n) is 8.36. The number of carbonyl (C=O) groups excluding carboxylic acids is 2. The molecule has 0 aliphatic carbocycles. The Balaban J connectivity index is 1.55. The molecule has 0 spiro atoms. The predicted molar refractivity (Wildman–Crippen MR) is 94.2 cm³/mol. The lowest BCUT2D eigenvalue weighted by Crippen LogP contribution is -2.47. The third kappa shape index (κ3) is 4.24. The van der Waals surface area contributed by atoms with E-state index in [2.05, 4.69) is 22.4 Å². The Bertz CT molecular complexity index is 745. The Morgan fingerprint density at radius 3 is 2.32 bits per heavy atom. The van der Waals surface area contributed by atoms with Crippen molar-refractivity contribution in [2.45, 2.75) is 6.54 Å². The normalized spacial score (nSPS) is 15.2. The van der Waals surface area contributed by atoms with Gasteiger partial charge in [0.1, 0.15) is 0 Å². The van der Waals surface area contributed by atoms with Gasteiger partial charge in [-0.05, 0) is 24.7 Å². The average molecular weight is 341 g/mol. The Hall–Kier alpha value is -2.67. The number of aromatic nitrogens is 2. The summed E-state index contributed by atoms with van der Waals surface area (Å²) in [6.45, 7) is 3.75. The van der Waals surface area contributed by atoms with Crippen molar-refractivity contribution < 1.29 is 9.59 Å². The molecule has 1 aromatic heterocycles. The van der Waals surface area contributed by atoms with E-state index < -0.39 is 0 Å². The third-order valence-electron chi connectivity index (χ3n) is 4.41. The Morgan fingerprint density at radius 2 is 1.72 bits per heavy atom. The summed E-state index contributed by atoms with van der Waals surface area (Å²) in [5.41, 5.74) is 2.17. The van der Waals surface area contributed by atoms with Crippen molar-refractivity contribution >= 4 is 11.8 Å². The van der Waals surface area contributed by atoms with Crippen LogP contribution in [-0.4, -0.2) is 64.6 Å². The zero-order chi connectivity index (χ0) is 17.8. The van der Waals surface area contributed by atoms with Gasteiger partial charge < -0.3 is 15.1 Å². The molecule has 7 nitrogen and oxygen atoms in total. The Kier molecular flexibility index (Phi) is 5.14. The summed E-state index contributed by atoms with van der Waals surface area (Å²) in [7, 11) is 3.84. The van der Waals surface area contributed by atoms with E-state index in [4.69, 9.17) is 0 Å². The van der Waals surface area contributed by atoms with E-state index in [9.17, 15) is 9.59 Å². The lowest BCUT2D eigenvalue weighted by atomic mass is 10.1. The molecule has 2 heterocycles. The number of rotatable bonds is 4. The molecule has 132 valence electrons. The molecule has 1 saturated heterocycles. The van der Waals surface area contributed by atoms with E-state index in [1.54, 1.807) is 17.9 Å². The van der Waals surface area contributed by atoms with Gasteiger partial charge in [0, 0.05) is 51.5 Å². The average Bonchev–Trinajstić information content (AvgIpc) is 3.07. The van der Waals surface area contributed by atoms with Gasteiger partial charge in [0.2, 0.25) is 0 Å². The van der Waals surface area contributed by atoms with Gasteiger partial charge in [-0.1, -0.05) is 12.1 Å². The van der Waals surface area contributed by atoms with E-state index in [0.29, 0.717) is 17.7 Å². The molecule has 1 fully saturated rings. The van der Waals surface area contributed by atoms with Crippen LogP contribution in [0.25, 0.3) is 0 Å². The summed E-state index contributed by atoms with van der Waals surface area (Å²) < 4.78 is 1.59. The van der Waals surface area contributed by atoms with Crippen LogP contribution in [0.3, 0.4) is 0 Å². The van der Waals surface area contributed by atoms with Gasteiger partial charge in [-0.2, -0.15) is 5.10 Å². The van der Waals surface area contributed by atoms with Crippen LogP contribution in [0.5, 0.6) is 0 Å². The summed E-state index contributed by atoms with van der Waals surface area (Å²) >= 11 is 0. The second kappa shape index (κ2) is 7.48. The quantitative estimate of drug-likeness (QED) is 0.890. The van der Waals surface area contributed by atoms with Gasteiger partial charge in [-0.15, -0.1) is 0 Å². The maximum Gasteiger partial charge on any atom is 0.254 e. The maximum atomic E-state index is 12.5. The van der Waals surface area contributed by atoms with Crippen LogP contribution in [0.2, 0.25) is 0 Å². The topological polar surface area (TPSA) is 70.5 Å². The molecule has 0 atom stereocenters. The SMILES string of the molecule is CN1CCN(C(=O)c2ccc(CNC(=O)c3cnn(C)c3)cc2)CC1. The lowest BCUT2D eigenvalue weighted by molar-refractivity contribution is 0.0664. The van der Waals surface area contributed by atoms with Gasteiger partial charge in [-0.25, -0.2) is 0 Å². The van der Waals surface area contributed by atoms with E-state index in [0.717, 1.165) is 31.7 Å². The maximum absolute atomic E-state index is 12.5. The van der Waals surface area contributed by atoms with Crippen LogP contribution in [0.1, 0.15) is 26.3 Å². The van der Waals surface area contributed by atoms with Crippen LogP contribution in [0.15, 0.2) is 36.7 Å². The molecule has 1 aromatic carbocycles. The molecular formula is C18H23N5O2. The fraction of sp³-hybridized carbons (Fsp3) is 0.389. The monoisotopic (exact) mass is 341 g/mol. The van der Waals surface area contributed by atoms with Gasteiger partial charge >= 0.3 is 0 Å². The number of aryl methyl sites for hydroxylation is 1. The van der Waals surface area contributed by atoms with Crippen LogP contribution >= 0.6 is 0 Å². The smallest absolute Gasteiger partial charge is 0.254 e. The minimum Gasteiger partial charge on any atom is -0.348 e. The molecule has 25 heavy (non-hydrogen) atoms. The number of hydrogen-bond donors (Lipinski definition) is 1. The summed E-state index contributed by atoms with van der Waals surface area (Å²) in [5.74, 6) is -0.0928. The van der Waals surface area contributed by atoms with Crippen molar-refractivity contribution in [1.82, 2.24) is 24.9 Å². The molecule has 0 bridgehead atoms. The van der Waals surface area contributed by atoms with Gasteiger partial charge in [0.15, 0.2) is 0 Å². The Labute approximate surface area is 147 Å². The highest BCUT2D eigenvalue weighted by atomic mass is 16.2. The zero-order valence-corrected chi connectivity index (χ0v) is 14.6. The predicted octanol–water partition coefficient (Wildman–Crippen LogP) is 0.738. The van der Waals surface area contributed by atoms with E-state index in [1.807, 2.05) is 29.2 Å². The molecule has 0 radical (unpaired) electrons. The molecule has 1 N–H and O–H groups in total. The second-order valence-corrected chi connectivity index (χ2v) is 6.38. The van der Waals surface area contributed by atoms with Crippen LogP contribution < -0.4 is 5.32 Å². The lowest BCUT2D eigenvalue weighted by Gasteiger charge is -2.32. The van der Waals surface area contributed by atoms with Crippen LogP contribution in [0, 0.1) is 0 Å². The number of amides is 2. The Morgan fingerprint density at radius 1 is 1.04 bits per heavy atom. The number of hydrogen-bond acceptors (Lipinski definition) is 4. The largest absolute Gasteiger partial charge is 0.348 e. The molecule has 0 unspecified atom stereocenters. The highest BCUT2D eigenvalue weighted by Crippen LogP contribution is 2.10.